The van der Waals surface area contributed by atoms with E-state index in [1.165, 1.54) is 11.8 Å². The van der Waals surface area contributed by atoms with E-state index in [1.807, 2.05) is 6.92 Å². The van der Waals surface area contributed by atoms with Gasteiger partial charge in [-0.1, -0.05) is 0 Å². The Morgan fingerprint density at radius 3 is 2.53 bits per heavy atom. The van der Waals surface area contributed by atoms with Crippen LogP contribution in [-0.2, 0) is 14.4 Å². The fourth-order valence-electron chi connectivity index (χ4n) is 2.61. The number of aliphatic carboxylic acids is 1. The minimum Gasteiger partial charge on any atom is -0.480 e. The van der Waals surface area contributed by atoms with Crippen molar-refractivity contribution < 1.29 is 19.5 Å². The van der Waals surface area contributed by atoms with Gasteiger partial charge in [-0.25, -0.2) is 4.79 Å². The summed E-state index contributed by atoms with van der Waals surface area (Å²) in [6.07, 6.45) is 1.94. The molecule has 1 heterocycles. The molecule has 2 rings (SSSR count). The van der Waals surface area contributed by atoms with Crippen LogP contribution >= 0.6 is 0 Å². The first kappa shape index (κ1) is 13.8. The molecule has 0 aromatic heterocycles. The lowest BCUT2D eigenvalue weighted by atomic mass is 10.1. The van der Waals surface area contributed by atoms with E-state index in [4.69, 9.17) is 5.11 Å². The van der Waals surface area contributed by atoms with Crippen LogP contribution in [0.1, 0.15) is 33.1 Å². The average molecular weight is 268 g/mol. The number of carboxylic acids is 1. The SMILES string of the molecule is CCN1CC(C(=O)N(C2CC2)C(C)C(=O)O)CC1=O. The van der Waals surface area contributed by atoms with E-state index in [2.05, 4.69) is 0 Å². The van der Waals surface area contributed by atoms with Crippen molar-refractivity contribution in [2.24, 2.45) is 5.92 Å². The van der Waals surface area contributed by atoms with Gasteiger partial charge < -0.3 is 14.9 Å². The van der Waals surface area contributed by atoms with Crippen molar-refractivity contribution >= 4 is 17.8 Å². The number of rotatable bonds is 5. The van der Waals surface area contributed by atoms with Crippen molar-refractivity contribution in [1.82, 2.24) is 9.80 Å². The van der Waals surface area contributed by atoms with Gasteiger partial charge in [-0.3, -0.25) is 9.59 Å². The van der Waals surface area contributed by atoms with E-state index in [-0.39, 0.29) is 30.2 Å². The Morgan fingerprint density at radius 1 is 1.47 bits per heavy atom. The highest BCUT2D eigenvalue weighted by Crippen LogP contribution is 2.32. The number of carboxylic acid groups (broad SMARTS) is 1. The zero-order chi connectivity index (χ0) is 14.2. The summed E-state index contributed by atoms with van der Waals surface area (Å²) in [4.78, 5) is 38.4. The molecule has 1 saturated carbocycles. The molecule has 0 spiro atoms. The Labute approximate surface area is 112 Å². The molecule has 2 fully saturated rings. The normalized spacial score (nSPS) is 24.4. The summed E-state index contributed by atoms with van der Waals surface area (Å²) in [5.74, 6) is -1.56. The van der Waals surface area contributed by atoms with Crippen molar-refractivity contribution in [1.29, 1.82) is 0 Å². The van der Waals surface area contributed by atoms with Gasteiger partial charge in [-0.05, 0) is 26.7 Å². The lowest BCUT2D eigenvalue weighted by molar-refractivity contribution is -0.151. The Morgan fingerprint density at radius 2 is 2.11 bits per heavy atom. The van der Waals surface area contributed by atoms with Gasteiger partial charge in [-0.15, -0.1) is 0 Å². The predicted molar refractivity (Wildman–Crippen MR) is 67.3 cm³/mol. The second kappa shape index (κ2) is 5.19. The van der Waals surface area contributed by atoms with Crippen molar-refractivity contribution in [3.63, 3.8) is 0 Å². The van der Waals surface area contributed by atoms with Crippen LogP contribution in [0.15, 0.2) is 0 Å². The summed E-state index contributed by atoms with van der Waals surface area (Å²) in [5, 5.41) is 9.10. The standard InChI is InChI=1S/C13H20N2O4/c1-3-14-7-9(6-11(14)16)12(17)15(10-4-5-10)8(2)13(18)19/h8-10H,3-7H2,1-2H3,(H,18,19). The lowest BCUT2D eigenvalue weighted by Gasteiger charge is -2.29. The van der Waals surface area contributed by atoms with Gasteiger partial charge in [-0.2, -0.15) is 0 Å². The van der Waals surface area contributed by atoms with Crippen LogP contribution in [0.25, 0.3) is 0 Å². The zero-order valence-corrected chi connectivity index (χ0v) is 11.3. The molecule has 0 radical (unpaired) electrons. The van der Waals surface area contributed by atoms with E-state index in [0.717, 1.165) is 12.8 Å². The van der Waals surface area contributed by atoms with Crippen LogP contribution in [0, 0.1) is 5.92 Å². The first-order valence-electron chi connectivity index (χ1n) is 6.78. The van der Waals surface area contributed by atoms with Crippen molar-refractivity contribution in [3.05, 3.63) is 0 Å². The molecule has 106 valence electrons. The average Bonchev–Trinajstić information content (AvgIpc) is 3.11. The minimum atomic E-state index is -0.989. The molecule has 0 bridgehead atoms. The molecule has 1 N–H and O–H groups in total. The number of nitrogens with zero attached hydrogens (tertiary/aromatic N) is 2. The molecule has 2 atom stereocenters. The molecule has 2 unspecified atom stereocenters. The fourth-order valence-corrected chi connectivity index (χ4v) is 2.61. The number of hydrogen-bond donors (Lipinski definition) is 1. The second-order valence-electron chi connectivity index (χ2n) is 5.32. The van der Waals surface area contributed by atoms with Gasteiger partial charge >= 0.3 is 5.97 Å². The minimum absolute atomic E-state index is 0.0143. The maximum atomic E-state index is 12.5. The third kappa shape index (κ3) is 2.72. The molecular formula is C13H20N2O4. The Hall–Kier alpha value is -1.59. The van der Waals surface area contributed by atoms with Gasteiger partial charge in [0.1, 0.15) is 6.04 Å². The number of hydrogen-bond acceptors (Lipinski definition) is 3. The van der Waals surface area contributed by atoms with Gasteiger partial charge in [0.05, 0.1) is 5.92 Å². The summed E-state index contributed by atoms with van der Waals surface area (Å²) in [6.45, 7) is 4.43. The fraction of sp³-hybridized carbons (Fsp3) is 0.769. The molecule has 0 aromatic rings. The van der Waals surface area contributed by atoms with Crippen molar-refractivity contribution in [3.8, 4) is 0 Å². The monoisotopic (exact) mass is 268 g/mol. The van der Waals surface area contributed by atoms with E-state index >= 15 is 0 Å². The molecule has 6 nitrogen and oxygen atoms in total. The summed E-state index contributed by atoms with van der Waals surface area (Å²) >= 11 is 0. The third-order valence-corrected chi connectivity index (χ3v) is 3.91. The number of likely N-dealkylation sites (tertiary alicyclic amines) is 1. The highest BCUT2D eigenvalue weighted by Gasteiger charge is 2.43. The van der Waals surface area contributed by atoms with Crippen LogP contribution in [0.4, 0.5) is 0 Å². The molecule has 19 heavy (non-hydrogen) atoms. The zero-order valence-electron chi connectivity index (χ0n) is 11.3. The molecular weight excluding hydrogens is 248 g/mol. The molecule has 1 saturated heterocycles. The second-order valence-corrected chi connectivity index (χ2v) is 5.32. The van der Waals surface area contributed by atoms with Crippen molar-refractivity contribution in [2.75, 3.05) is 13.1 Å². The maximum Gasteiger partial charge on any atom is 0.326 e. The van der Waals surface area contributed by atoms with Gasteiger partial charge in [0.15, 0.2) is 0 Å². The predicted octanol–water partition coefficient (Wildman–Crippen LogP) is 0.319. The highest BCUT2D eigenvalue weighted by molar-refractivity contribution is 5.91. The quantitative estimate of drug-likeness (QED) is 0.779. The smallest absolute Gasteiger partial charge is 0.326 e. The molecule has 0 aromatic carbocycles. The van der Waals surface area contributed by atoms with Crippen LogP contribution < -0.4 is 0 Å². The molecule has 2 amide bonds. The lowest BCUT2D eigenvalue weighted by Crippen LogP contribution is -2.47. The Balaban J connectivity index is 2.08. The number of carbonyl (C=O) groups excluding carboxylic acids is 2. The van der Waals surface area contributed by atoms with Crippen LogP contribution in [0.2, 0.25) is 0 Å². The molecule has 1 aliphatic heterocycles. The van der Waals surface area contributed by atoms with Crippen LogP contribution in [0.5, 0.6) is 0 Å². The van der Waals surface area contributed by atoms with Gasteiger partial charge in [0.2, 0.25) is 11.8 Å². The van der Waals surface area contributed by atoms with Crippen LogP contribution in [-0.4, -0.2) is 57.9 Å². The highest BCUT2D eigenvalue weighted by atomic mass is 16.4. The summed E-state index contributed by atoms with van der Waals surface area (Å²) in [6, 6.07) is -0.768. The summed E-state index contributed by atoms with van der Waals surface area (Å²) in [7, 11) is 0. The number of carbonyl (C=O) groups is 3. The summed E-state index contributed by atoms with van der Waals surface area (Å²) in [5.41, 5.74) is 0. The van der Waals surface area contributed by atoms with Gasteiger partial charge in [0.25, 0.3) is 0 Å². The van der Waals surface area contributed by atoms with E-state index in [1.54, 1.807) is 4.90 Å². The van der Waals surface area contributed by atoms with Crippen molar-refractivity contribution in [2.45, 2.75) is 45.2 Å². The Kier molecular flexibility index (Phi) is 3.78. The van der Waals surface area contributed by atoms with E-state index < -0.39 is 12.0 Å². The first-order valence-corrected chi connectivity index (χ1v) is 6.78. The van der Waals surface area contributed by atoms with E-state index in [0.29, 0.717) is 13.1 Å². The largest absolute Gasteiger partial charge is 0.480 e. The molecule has 1 aliphatic carbocycles. The molecule has 6 heteroatoms. The topological polar surface area (TPSA) is 77.9 Å². The first-order chi connectivity index (χ1) is 8.95. The third-order valence-electron chi connectivity index (χ3n) is 3.91. The van der Waals surface area contributed by atoms with Crippen LogP contribution in [0.3, 0.4) is 0 Å². The van der Waals surface area contributed by atoms with Gasteiger partial charge in [0, 0.05) is 25.6 Å². The number of amides is 2. The summed E-state index contributed by atoms with van der Waals surface area (Å²) < 4.78 is 0. The van der Waals surface area contributed by atoms with E-state index in [9.17, 15) is 14.4 Å². The Bertz CT molecular complexity index is 405. The molecule has 2 aliphatic rings. The maximum absolute atomic E-state index is 12.5.